The maximum absolute atomic E-state index is 12.8. The van der Waals surface area contributed by atoms with Crippen LogP contribution in [0.4, 0.5) is 13.2 Å². The third-order valence-corrected chi connectivity index (χ3v) is 8.72. The molecule has 3 aliphatic carbocycles. The van der Waals surface area contributed by atoms with Crippen molar-refractivity contribution in [3.8, 4) is 0 Å². The Labute approximate surface area is 170 Å². The Morgan fingerprint density at radius 2 is 1.90 bits per heavy atom. The molecular formula is C22H34F3NO3. The van der Waals surface area contributed by atoms with Gasteiger partial charge in [0.05, 0.1) is 6.10 Å². The molecule has 0 aromatic carbocycles. The molecule has 0 unspecified atom stereocenters. The molecule has 0 aromatic rings. The van der Waals surface area contributed by atoms with Crippen LogP contribution in [0.2, 0.25) is 0 Å². The van der Waals surface area contributed by atoms with Crippen molar-refractivity contribution in [2.24, 2.45) is 34.5 Å². The first-order valence-electron chi connectivity index (χ1n) is 10.8. The monoisotopic (exact) mass is 417 g/mol. The summed E-state index contributed by atoms with van der Waals surface area (Å²) in [5.41, 5.74) is 0.784. The average molecular weight is 418 g/mol. The van der Waals surface area contributed by atoms with Crippen LogP contribution >= 0.6 is 0 Å². The highest BCUT2D eigenvalue weighted by Gasteiger charge is 2.57. The van der Waals surface area contributed by atoms with E-state index in [0.717, 1.165) is 37.7 Å². The second kappa shape index (κ2) is 7.88. The minimum atomic E-state index is -4.89. The molecule has 0 heterocycles. The second-order valence-electron chi connectivity index (χ2n) is 10.00. The number of alkyl halides is 3. The summed E-state index contributed by atoms with van der Waals surface area (Å²) in [7, 11) is 0. The highest BCUT2D eigenvalue weighted by molar-refractivity contribution is 5.81. The first-order chi connectivity index (χ1) is 13.4. The predicted molar refractivity (Wildman–Crippen MR) is 104 cm³/mol. The second-order valence-corrected chi connectivity index (χ2v) is 10.00. The van der Waals surface area contributed by atoms with Crippen molar-refractivity contribution < 1.29 is 28.2 Å². The van der Waals surface area contributed by atoms with Gasteiger partial charge in [0.15, 0.2) is 0 Å². The molecule has 0 aromatic heterocycles. The molecule has 0 aliphatic heterocycles. The lowest BCUT2D eigenvalue weighted by molar-refractivity contribution is -0.174. The van der Waals surface area contributed by atoms with E-state index in [2.05, 4.69) is 25.7 Å². The summed E-state index contributed by atoms with van der Waals surface area (Å²) in [5, 5.41) is 22.3. The van der Waals surface area contributed by atoms with Gasteiger partial charge < -0.3 is 15.5 Å². The van der Waals surface area contributed by atoms with Crippen molar-refractivity contribution in [2.75, 3.05) is 13.2 Å². The predicted octanol–water partition coefficient (Wildman–Crippen LogP) is 3.82. The number of aliphatic hydroxyl groups is 2. The fourth-order valence-electron chi connectivity index (χ4n) is 6.78. The van der Waals surface area contributed by atoms with E-state index < -0.39 is 18.2 Å². The highest BCUT2D eigenvalue weighted by Crippen LogP contribution is 2.63. The molecule has 0 bridgehead atoms. The fraction of sp³-hybridized carbons (Fsp3) is 0.864. The zero-order valence-corrected chi connectivity index (χ0v) is 17.4. The summed E-state index contributed by atoms with van der Waals surface area (Å²) in [6, 6.07) is 0. The highest BCUT2D eigenvalue weighted by atomic mass is 19.4. The van der Waals surface area contributed by atoms with Crippen LogP contribution in [0.5, 0.6) is 0 Å². The number of hydrogen-bond donors (Lipinski definition) is 3. The van der Waals surface area contributed by atoms with Gasteiger partial charge in [-0.1, -0.05) is 26.0 Å². The number of allylic oxidation sites excluding steroid dienone is 1. The Hall–Kier alpha value is -1.08. The molecule has 0 radical (unpaired) electrons. The molecule has 1 amide bonds. The van der Waals surface area contributed by atoms with Crippen LogP contribution in [0.25, 0.3) is 0 Å². The lowest BCUT2D eigenvalue weighted by Crippen LogP contribution is -2.54. The first kappa shape index (κ1) is 22.6. The molecular weight excluding hydrogens is 383 g/mol. The first-order valence-corrected chi connectivity index (χ1v) is 10.8. The minimum Gasteiger partial charge on any atom is -0.396 e. The summed E-state index contributed by atoms with van der Waals surface area (Å²) < 4.78 is 38.4. The number of amides is 1. The van der Waals surface area contributed by atoms with Gasteiger partial charge in [0.2, 0.25) is 0 Å². The van der Waals surface area contributed by atoms with Crippen molar-refractivity contribution >= 4 is 5.91 Å². The molecule has 0 saturated heterocycles. The summed E-state index contributed by atoms with van der Waals surface area (Å²) in [4.78, 5) is 11.5. The Morgan fingerprint density at radius 3 is 2.52 bits per heavy atom. The number of fused-ring (bicyclic) bond motifs is 1. The molecule has 166 valence electrons. The quantitative estimate of drug-likeness (QED) is 0.609. The van der Waals surface area contributed by atoms with Gasteiger partial charge in [-0.15, -0.1) is 0 Å². The number of carbonyl (C=O) groups excluding carboxylic acids is 1. The van der Waals surface area contributed by atoms with Crippen LogP contribution in [0.3, 0.4) is 0 Å². The van der Waals surface area contributed by atoms with E-state index in [4.69, 9.17) is 0 Å². The number of hydrogen-bond acceptors (Lipinski definition) is 3. The average Bonchev–Trinajstić information content (AvgIpc) is 2.95. The van der Waals surface area contributed by atoms with Crippen LogP contribution in [-0.4, -0.2) is 41.6 Å². The van der Waals surface area contributed by atoms with Gasteiger partial charge >= 0.3 is 12.1 Å². The fourth-order valence-corrected chi connectivity index (χ4v) is 6.78. The number of halogens is 3. The van der Waals surface area contributed by atoms with Crippen LogP contribution in [0.15, 0.2) is 12.2 Å². The lowest BCUT2D eigenvalue weighted by atomic mass is 9.49. The van der Waals surface area contributed by atoms with Crippen LogP contribution in [0, 0.1) is 34.5 Å². The zero-order valence-electron chi connectivity index (χ0n) is 17.4. The molecule has 3 rings (SSSR count). The number of carbonyl (C=O) groups is 1. The SMILES string of the molecule is C=C1CC[C@H]2[C@H](CNC(=O)C(F)(F)F)[C@@H]([C@]3(C)CC[C@H](O)C[C@@H]3CO)CC[C@]12C. The number of rotatable bonds is 4. The van der Waals surface area contributed by atoms with E-state index in [-0.39, 0.29) is 47.7 Å². The Kier molecular flexibility index (Phi) is 6.14. The van der Waals surface area contributed by atoms with Crippen molar-refractivity contribution in [3.63, 3.8) is 0 Å². The molecule has 29 heavy (non-hydrogen) atoms. The van der Waals surface area contributed by atoms with Crippen molar-refractivity contribution in [3.05, 3.63) is 12.2 Å². The minimum absolute atomic E-state index is 0.00710. The van der Waals surface area contributed by atoms with Gasteiger partial charge in [-0.05, 0) is 79.4 Å². The maximum Gasteiger partial charge on any atom is 0.471 e. The van der Waals surface area contributed by atoms with Crippen LogP contribution < -0.4 is 5.32 Å². The van der Waals surface area contributed by atoms with Gasteiger partial charge in [-0.25, -0.2) is 0 Å². The molecule has 3 saturated carbocycles. The topological polar surface area (TPSA) is 69.6 Å². The summed E-state index contributed by atoms with van der Waals surface area (Å²) in [6.07, 6.45) is 0.0700. The molecule has 7 atom stereocenters. The van der Waals surface area contributed by atoms with E-state index >= 15 is 0 Å². The smallest absolute Gasteiger partial charge is 0.396 e. The summed E-state index contributed by atoms with van der Waals surface area (Å²) in [5.74, 6) is -1.82. The summed E-state index contributed by atoms with van der Waals surface area (Å²) >= 11 is 0. The van der Waals surface area contributed by atoms with Crippen molar-refractivity contribution in [1.29, 1.82) is 0 Å². The molecule has 3 N–H and O–H groups in total. The maximum atomic E-state index is 12.8. The number of aliphatic hydroxyl groups excluding tert-OH is 2. The van der Waals surface area contributed by atoms with Gasteiger partial charge in [0, 0.05) is 13.2 Å². The molecule has 4 nitrogen and oxygen atoms in total. The normalized spacial score (nSPS) is 43.1. The van der Waals surface area contributed by atoms with Gasteiger partial charge in [-0.2, -0.15) is 13.2 Å². The van der Waals surface area contributed by atoms with Crippen molar-refractivity contribution in [2.45, 2.75) is 71.1 Å². The Balaban J connectivity index is 1.90. The van der Waals surface area contributed by atoms with E-state index in [1.165, 1.54) is 0 Å². The van der Waals surface area contributed by atoms with Crippen LogP contribution in [-0.2, 0) is 4.79 Å². The van der Waals surface area contributed by atoms with Gasteiger partial charge in [0.25, 0.3) is 0 Å². The molecule has 3 fully saturated rings. The summed E-state index contributed by atoms with van der Waals surface area (Å²) in [6.45, 7) is 8.47. The van der Waals surface area contributed by atoms with Crippen molar-refractivity contribution in [1.82, 2.24) is 5.32 Å². The van der Waals surface area contributed by atoms with Gasteiger partial charge in [-0.3, -0.25) is 4.79 Å². The zero-order chi connectivity index (χ0) is 21.6. The van der Waals surface area contributed by atoms with Crippen LogP contribution in [0.1, 0.15) is 58.8 Å². The third-order valence-electron chi connectivity index (χ3n) is 8.72. The Morgan fingerprint density at radius 1 is 1.21 bits per heavy atom. The molecule has 0 spiro atoms. The van der Waals surface area contributed by atoms with E-state index in [0.29, 0.717) is 12.8 Å². The Bertz CT molecular complexity index is 652. The molecule has 7 heteroatoms. The van der Waals surface area contributed by atoms with E-state index in [1.54, 1.807) is 0 Å². The third kappa shape index (κ3) is 3.97. The number of nitrogens with one attached hydrogen (secondary N) is 1. The van der Waals surface area contributed by atoms with E-state index in [9.17, 15) is 28.2 Å². The largest absolute Gasteiger partial charge is 0.471 e. The lowest BCUT2D eigenvalue weighted by Gasteiger charge is -2.56. The van der Waals surface area contributed by atoms with E-state index in [1.807, 2.05) is 0 Å². The standard InChI is InChI=1S/C22H34F3NO3/c1-13-4-5-17-16(11-26-19(29)22(23,24)25)18(7-9-20(13,17)2)21(3)8-6-15(28)10-14(21)12-27/h14-18,27-28H,1,4-12H2,2-3H3,(H,26,29)/t14-,15+,16+,17+,18+,20-,21-/m1/s1. The van der Waals surface area contributed by atoms with Gasteiger partial charge in [0.1, 0.15) is 0 Å². The molecule has 3 aliphatic rings.